The first-order chi connectivity index (χ1) is 13.5. The summed E-state index contributed by atoms with van der Waals surface area (Å²) >= 11 is 0. The lowest BCUT2D eigenvalue weighted by Gasteiger charge is -2.37. The summed E-state index contributed by atoms with van der Waals surface area (Å²) in [4.78, 5) is 17.7. The lowest BCUT2D eigenvalue weighted by atomic mass is 9.86. The lowest BCUT2D eigenvalue weighted by Crippen LogP contribution is -2.50. The first-order valence-corrected chi connectivity index (χ1v) is 9.95. The Bertz CT molecular complexity index is 711. The van der Waals surface area contributed by atoms with Crippen molar-refractivity contribution in [3.8, 4) is 0 Å². The topological polar surface area (TPSA) is 53.0 Å². The molecular formula is C23H30N2O3. The maximum atomic E-state index is 12.9. The number of rotatable bonds is 7. The molecule has 1 N–H and O–H groups in total. The molecule has 0 spiro atoms. The summed E-state index contributed by atoms with van der Waals surface area (Å²) < 4.78 is 5.53. The summed E-state index contributed by atoms with van der Waals surface area (Å²) in [6.45, 7) is 6.53. The van der Waals surface area contributed by atoms with Gasteiger partial charge >= 0.3 is 5.97 Å². The number of carbonyl (C=O) groups excluding carboxylic acids is 1. The Morgan fingerprint density at radius 3 is 2.18 bits per heavy atom. The van der Waals surface area contributed by atoms with E-state index in [-0.39, 0.29) is 0 Å². The maximum absolute atomic E-state index is 12.9. The third-order valence-corrected chi connectivity index (χ3v) is 5.57. The maximum Gasteiger partial charge on any atom is 0.347 e. The largest absolute Gasteiger partial charge is 0.463 e. The van der Waals surface area contributed by atoms with Gasteiger partial charge in [-0.15, -0.1) is 0 Å². The first-order valence-electron chi connectivity index (χ1n) is 9.95. The van der Waals surface area contributed by atoms with Crippen LogP contribution in [0.2, 0.25) is 0 Å². The zero-order valence-corrected chi connectivity index (χ0v) is 16.8. The summed E-state index contributed by atoms with van der Waals surface area (Å²) in [6.07, 6.45) is 0.752. The minimum Gasteiger partial charge on any atom is -0.463 e. The zero-order valence-electron chi connectivity index (χ0n) is 16.8. The Kier molecular flexibility index (Phi) is 6.83. The number of hydrogen-bond acceptors (Lipinski definition) is 5. The van der Waals surface area contributed by atoms with Crippen LogP contribution in [-0.2, 0) is 15.1 Å². The minimum absolute atomic E-state index is 0.293. The number of hydrogen-bond donors (Lipinski definition) is 1. The fourth-order valence-electron chi connectivity index (χ4n) is 3.65. The first kappa shape index (κ1) is 20.5. The van der Waals surface area contributed by atoms with E-state index >= 15 is 0 Å². The van der Waals surface area contributed by atoms with E-state index in [0.717, 1.165) is 32.6 Å². The molecule has 0 saturated carbocycles. The molecule has 1 heterocycles. The molecule has 0 aliphatic carbocycles. The van der Waals surface area contributed by atoms with Gasteiger partial charge in [-0.05, 0) is 31.5 Å². The van der Waals surface area contributed by atoms with Crippen molar-refractivity contribution in [2.75, 3.05) is 39.8 Å². The van der Waals surface area contributed by atoms with Gasteiger partial charge < -0.3 is 19.6 Å². The van der Waals surface area contributed by atoms with Crippen LogP contribution in [0.5, 0.6) is 0 Å². The molecule has 150 valence electrons. The van der Waals surface area contributed by atoms with Crippen LogP contribution in [0.1, 0.15) is 24.5 Å². The molecule has 5 nitrogen and oxygen atoms in total. The predicted molar refractivity (Wildman–Crippen MR) is 110 cm³/mol. The molecule has 1 atom stereocenters. The van der Waals surface area contributed by atoms with Crippen molar-refractivity contribution >= 4 is 5.97 Å². The zero-order chi connectivity index (χ0) is 20.0. The van der Waals surface area contributed by atoms with Crippen molar-refractivity contribution in [2.24, 2.45) is 0 Å². The summed E-state index contributed by atoms with van der Waals surface area (Å²) in [5.41, 5.74) is -0.775. The molecule has 2 aromatic carbocycles. The molecule has 0 amide bonds. The van der Waals surface area contributed by atoms with Crippen molar-refractivity contribution < 1.29 is 14.6 Å². The number of likely N-dealkylation sites (N-methyl/N-ethyl adjacent to an activating group) is 1. The number of carbonyl (C=O) groups is 1. The fourth-order valence-corrected chi connectivity index (χ4v) is 3.65. The molecule has 0 bridgehead atoms. The molecule has 1 fully saturated rings. The smallest absolute Gasteiger partial charge is 0.347 e. The van der Waals surface area contributed by atoms with Crippen LogP contribution in [0.3, 0.4) is 0 Å². The highest BCUT2D eigenvalue weighted by atomic mass is 16.5. The van der Waals surface area contributed by atoms with E-state index in [1.165, 1.54) is 0 Å². The van der Waals surface area contributed by atoms with E-state index in [4.69, 9.17) is 4.74 Å². The van der Waals surface area contributed by atoms with Crippen LogP contribution in [0.15, 0.2) is 60.7 Å². The molecule has 0 unspecified atom stereocenters. The second-order valence-electron chi connectivity index (χ2n) is 7.56. The van der Waals surface area contributed by atoms with Gasteiger partial charge in [0.1, 0.15) is 0 Å². The minimum atomic E-state index is -1.80. The average Bonchev–Trinajstić information content (AvgIpc) is 2.74. The molecule has 0 radical (unpaired) electrons. The van der Waals surface area contributed by atoms with E-state index in [9.17, 15) is 9.90 Å². The fraction of sp³-hybridized carbons (Fsp3) is 0.435. The highest BCUT2D eigenvalue weighted by Gasteiger charge is 2.41. The van der Waals surface area contributed by atoms with E-state index in [1.807, 2.05) is 36.4 Å². The lowest BCUT2D eigenvalue weighted by molar-refractivity contribution is -0.162. The van der Waals surface area contributed by atoms with Crippen molar-refractivity contribution in [1.29, 1.82) is 0 Å². The molecule has 3 rings (SSSR count). The van der Waals surface area contributed by atoms with Crippen LogP contribution in [0.25, 0.3) is 0 Å². The van der Waals surface area contributed by atoms with Crippen molar-refractivity contribution in [3.05, 3.63) is 71.8 Å². The predicted octanol–water partition coefficient (Wildman–Crippen LogP) is 2.49. The van der Waals surface area contributed by atoms with Gasteiger partial charge in [-0.25, -0.2) is 4.79 Å². The number of benzene rings is 2. The monoisotopic (exact) mass is 382 g/mol. The van der Waals surface area contributed by atoms with Crippen LogP contribution in [0.4, 0.5) is 0 Å². The Morgan fingerprint density at radius 2 is 1.64 bits per heavy atom. The third kappa shape index (κ3) is 4.61. The van der Waals surface area contributed by atoms with Gasteiger partial charge in [0, 0.05) is 32.2 Å². The Balaban J connectivity index is 1.61. The van der Waals surface area contributed by atoms with Gasteiger partial charge in [0.2, 0.25) is 5.60 Å². The van der Waals surface area contributed by atoms with Gasteiger partial charge in [0.05, 0.1) is 6.61 Å². The van der Waals surface area contributed by atoms with Crippen molar-refractivity contribution in [3.63, 3.8) is 0 Å². The van der Waals surface area contributed by atoms with E-state index in [1.54, 1.807) is 24.3 Å². The highest BCUT2D eigenvalue weighted by Crippen LogP contribution is 2.31. The van der Waals surface area contributed by atoms with E-state index in [0.29, 0.717) is 23.8 Å². The normalized spacial score (nSPS) is 18.8. The van der Waals surface area contributed by atoms with E-state index in [2.05, 4.69) is 23.8 Å². The van der Waals surface area contributed by atoms with Gasteiger partial charge in [0.25, 0.3) is 0 Å². The Labute approximate surface area is 167 Å². The van der Waals surface area contributed by atoms with Gasteiger partial charge in [0.15, 0.2) is 0 Å². The van der Waals surface area contributed by atoms with Gasteiger partial charge in [-0.1, -0.05) is 60.7 Å². The van der Waals surface area contributed by atoms with Crippen LogP contribution in [0, 0.1) is 0 Å². The molecule has 2 aromatic rings. The SMILES string of the molecule is C[C@H]1CN(CCCOC(=O)C(O)(c2ccccc2)c2ccccc2)CCN1C. The van der Waals surface area contributed by atoms with E-state index < -0.39 is 11.6 Å². The highest BCUT2D eigenvalue weighted by molar-refractivity contribution is 5.85. The Morgan fingerprint density at radius 1 is 1.07 bits per heavy atom. The number of esters is 1. The molecule has 1 aliphatic rings. The number of nitrogens with zero attached hydrogens (tertiary/aromatic N) is 2. The summed E-state index contributed by atoms with van der Waals surface area (Å²) in [6, 6.07) is 18.5. The second-order valence-corrected chi connectivity index (χ2v) is 7.56. The number of ether oxygens (including phenoxy) is 1. The van der Waals surface area contributed by atoms with Gasteiger partial charge in [-0.3, -0.25) is 0 Å². The molecule has 5 heteroatoms. The summed E-state index contributed by atoms with van der Waals surface area (Å²) in [5, 5.41) is 11.3. The van der Waals surface area contributed by atoms with Crippen molar-refractivity contribution in [2.45, 2.75) is 25.0 Å². The molecule has 28 heavy (non-hydrogen) atoms. The van der Waals surface area contributed by atoms with Crippen LogP contribution < -0.4 is 0 Å². The quantitative estimate of drug-likeness (QED) is 0.589. The molecular weight excluding hydrogens is 352 g/mol. The second kappa shape index (κ2) is 9.32. The summed E-state index contributed by atoms with van der Waals surface area (Å²) in [5.74, 6) is -0.628. The average molecular weight is 383 g/mol. The molecule has 1 saturated heterocycles. The number of aliphatic hydroxyl groups is 1. The summed E-state index contributed by atoms with van der Waals surface area (Å²) in [7, 11) is 2.15. The Hall–Kier alpha value is -2.21. The van der Waals surface area contributed by atoms with Crippen LogP contribution in [-0.4, -0.2) is 66.8 Å². The molecule has 1 aliphatic heterocycles. The van der Waals surface area contributed by atoms with Gasteiger partial charge in [-0.2, -0.15) is 0 Å². The number of piperazine rings is 1. The molecule has 0 aromatic heterocycles. The van der Waals surface area contributed by atoms with Crippen LogP contribution >= 0.6 is 0 Å². The third-order valence-electron chi connectivity index (χ3n) is 5.57. The standard InChI is InChI=1S/C23H30N2O3/c1-19-18-25(16-15-24(19)2)14-9-17-28-22(26)23(27,20-10-5-3-6-11-20)21-12-7-4-8-13-21/h3-8,10-13,19,27H,9,14-18H2,1-2H3/t19-/m0/s1. The van der Waals surface area contributed by atoms with Crippen molar-refractivity contribution in [1.82, 2.24) is 9.80 Å².